The van der Waals surface area contributed by atoms with Gasteiger partial charge >= 0.3 is 0 Å². The van der Waals surface area contributed by atoms with Crippen LogP contribution in [0.5, 0.6) is 17.2 Å². The van der Waals surface area contributed by atoms with E-state index in [2.05, 4.69) is 0 Å². The number of methoxy groups -OCH3 is 3. The van der Waals surface area contributed by atoms with E-state index < -0.39 is 10.0 Å². The number of para-hydroxylation sites is 1. The van der Waals surface area contributed by atoms with Gasteiger partial charge in [0.25, 0.3) is 10.0 Å². The average molecular weight is 420 g/mol. The summed E-state index contributed by atoms with van der Waals surface area (Å²) in [5.74, 6) is 0.985. The number of aromatic nitrogens is 1. The summed E-state index contributed by atoms with van der Waals surface area (Å²) in [7, 11) is 2.08. The van der Waals surface area contributed by atoms with Gasteiger partial charge in [-0.3, -0.25) is 4.31 Å². The number of rotatable bonds is 8. The van der Waals surface area contributed by atoms with Crippen molar-refractivity contribution in [2.24, 2.45) is 7.05 Å². The third-order valence-corrected chi connectivity index (χ3v) is 6.60. The highest BCUT2D eigenvalue weighted by Gasteiger charge is 2.30. The van der Waals surface area contributed by atoms with E-state index in [1.54, 1.807) is 17.7 Å². The van der Waals surface area contributed by atoms with Gasteiger partial charge in [0.1, 0.15) is 0 Å². The van der Waals surface area contributed by atoms with Crippen LogP contribution in [0.25, 0.3) is 10.9 Å². The predicted octanol–water partition coefficient (Wildman–Crippen LogP) is 2.39. The second-order valence-electron chi connectivity index (χ2n) is 6.28. The Morgan fingerprint density at radius 2 is 1.62 bits per heavy atom. The van der Waals surface area contributed by atoms with E-state index in [1.807, 2.05) is 24.3 Å². The SMILES string of the molecule is COc1cc(N(CCO)S(=O)(=O)c2cc3ccccc3n2C)cc(OC)c1OC. The largest absolute Gasteiger partial charge is 0.493 e. The lowest BCUT2D eigenvalue weighted by atomic mass is 10.2. The smallest absolute Gasteiger partial charge is 0.280 e. The number of hydrogen-bond donors (Lipinski definition) is 1. The molecule has 0 aliphatic rings. The molecule has 29 heavy (non-hydrogen) atoms. The fourth-order valence-corrected chi connectivity index (χ4v) is 4.97. The molecule has 0 saturated carbocycles. The Balaban J connectivity index is 2.20. The standard InChI is InChI=1S/C20H24N2O6S/c1-21-16-8-6-5-7-14(16)11-19(21)29(24,25)22(9-10-23)15-12-17(26-2)20(28-4)18(13-15)27-3/h5-8,11-13,23H,9-10H2,1-4H3. The third-order valence-electron chi connectivity index (χ3n) is 4.70. The van der Waals surface area contributed by atoms with Crippen molar-refractivity contribution in [2.75, 3.05) is 38.8 Å². The first-order valence-electron chi connectivity index (χ1n) is 8.87. The lowest BCUT2D eigenvalue weighted by molar-refractivity contribution is 0.306. The number of hydrogen-bond acceptors (Lipinski definition) is 6. The van der Waals surface area contributed by atoms with Crippen LogP contribution in [0, 0.1) is 0 Å². The Labute approximate surface area is 169 Å². The Bertz CT molecular complexity index is 1100. The molecule has 0 unspecified atom stereocenters. The minimum Gasteiger partial charge on any atom is -0.493 e. The van der Waals surface area contributed by atoms with Gasteiger partial charge in [-0.1, -0.05) is 18.2 Å². The predicted molar refractivity (Wildman–Crippen MR) is 111 cm³/mol. The lowest BCUT2D eigenvalue weighted by Crippen LogP contribution is -2.34. The molecular formula is C20H24N2O6S. The summed E-state index contributed by atoms with van der Waals surface area (Å²) in [5, 5.41) is 10.5. The van der Waals surface area contributed by atoms with Crippen LogP contribution in [0.15, 0.2) is 47.5 Å². The normalized spacial score (nSPS) is 11.5. The Hall–Kier alpha value is -2.91. The third kappa shape index (κ3) is 3.58. The molecule has 0 radical (unpaired) electrons. The molecular weight excluding hydrogens is 396 g/mol. The van der Waals surface area contributed by atoms with Gasteiger partial charge in [-0.2, -0.15) is 8.42 Å². The van der Waals surface area contributed by atoms with E-state index in [0.29, 0.717) is 22.9 Å². The molecule has 0 bridgehead atoms. The van der Waals surface area contributed by atoms with Crippen LogP contribution >= 0.6 is 0 Å². The molecule has 8 nitrogen and oxygen atoms in total. The van der Waals surface area contributed by atoms with Gasteiger partial charge in [0.05, 0.1) is 40.2 Å². The van der Waals surface area contributed by atoms with Crippen molar-refractivity contribution < 1.29 is 27.7 Å². The first-order chi connectivity index (χ1) is 13.9. The van der Waals surface area contributed by atoms with Crippen LogP contribution in [0.2, 0.25) is 0 Å². The van der Waals surface area contributed by atoms with E-state index in [4.69, 9.17) is 14.2 Å². The molecule has 3 aromatic rings. The number of fused-ring (bicyclic) bond motifs is 1. The van der Waals surface area contributed by atoms with Crippen molar-refractivity contribution in [1.29, 1.82) is 0 Å². The number of benzene rings is 2. The minimum atomic E-state index is -3.99. The van der Waals surface area contributed by atoms with Crippen LogP contribution in [-0.4, -0.2) is 52.6 Å². The van der Waals surface area contributed by atoms with Crippen LogP contribution < -0.4 is 18.5 Å². The maximum Gasteiger partial charge on any atom is 0.280 e. The number of nitrogens with zero attached hydrogens (tertiary/aromatic N) is 2. The summed E-state index contributed by atoms with van der Waals surface area (Å²) >= 11 is 0. The molecule has 0 aliphatic carbocycles. The second-order valence-corrected chi connectivity index (χ2v) is 8.09. The van der Waals surface area contributed by atoms with E-state index in [0.717, 1.165) is 15.2 Å². The molecule has 0 aliphatic heterocycles. The summed E-state index contributed by atoms with van der Waals surface area (Å²) < 4.78 is 45.8. The summed E-state index contributed by atoms with van der Waals surface area (Å²) in [6, 6.07) is 12.1. The van der Waals surface area contributed by atoms with Gasteiger partial charge in [0.15, 0.2) is 16.5 Å². The van der Waals surface area contributed by atoms with E-state index >= 15 is 0 Å². The fraction of sp³-hybridized carbons (Fsp3) is 0.300. The van der Waals surface area contributed by atoms with Crippen LogP contribution in [-0.2, 0) is 17.1 Å². The van der Waals surface area contributed by atoms with Crippen molar-refractivity contribution in [3.05, 3.63) is 42.5 Å². The molecule has 0 atom stereocenters. The highest BCUT2D eigenvalue weighted by Crippen LogP contribution is 2.42. The van der Waals surface area contributed by atoms with E-state index in [-0.39, 0.29) is 18.2 Å². The quantitative estimate of drug-likeness (QED) is 0.602. The molecule has 1 heterocycles. The van der Waals surface area contributed by atoms with Crippen LogP contribution in [0.4, 0.5) is 5.69 Å². The highest BCUT2D eigenvalue weighted by molar-refractivity contribution is 7.92. The first kappa shape index (κ1) is 20.8. The number of aliphatic hydroxyl groups is 1. The Morgan fingerprint density at radius 1 is 1.00 bits per heavy atom. The summed E-state index contributed by atoms with van der Waals surface area (Å²) in [5.41, 5.74) is 1.08. The molecule has 156 valence electrons. The molecule has 2 aromatic carbocycles. The molecule has 1 N–H and O–H groups in total. The van der Waals surface area contributed by atoms with Crippen LogP contribution in [0.1, 0.15) is 0 Å². The summed E-state index contributed by atoms with van der Waals surface area (Å²) in [6.07, 6.45) is 0. The van der Waals surface area contributed by atoms with Gasteiger partial charge in [-0.05, 0) is 12.1 Å². The summed E-state index contributed by atoms with van der Waals surface area (Å²) in [6.45, 7) is -0.498. The zero-order valence-electron chi connectivity index (χ0n) is 16.7. The monoisotopic (exact) mass is 420 g/mol. The van der Waals surface area contributed by atoms with Gasteiger partial charge in [-0.25, -0.2) is 0 Å². The zero-order chi connectivity index (χ0) is 21.2. The molecule has 9 heteroatoms. The van der Waals surface area contributed by atoms with E-state index in [9.17, 15) is 13.5 Å². The highest BCUT2D eigenvalue weighted by atomic mass is 32.2. The molecule has 1 aromatic heterocycles. The van der Waals surface area contributed by atoms with Crippen molar-refractivity contribution in [3.8, 4) is 17.2 Å². The fourth-order valence-electron chi connectivity index (χ4n) is 3.31. The topological polar surface area (TPSA) is 90.2 Å². The van der Waals surface area contributed by atoms with Crippen molar-refractivity contribution in [2.45, 2.75) is 5.03 Å². The number of anilines is 1. The first-order valence-corrected chi connectivity index (χ1v) is 10.3. The zero-order valence-corrected chi connectivity index (χ0v) is 17.6. The van der Waals surface area contributed by atoms with Crippen LogP contribution in [0.3, 0.4) is 0 Å². The van der Waals surface area contributed by atoms with Gasteiger partial charge in [-0.15, -0.1) is 0 Å². The lowest BCUT2D eigenvalue weighted by Gasteiger charge is -2.25. The maximum absolute atomic E-state index is 13.5. The number of aryl methyl sites for hydroxylation is 1. The van der Waals surface area contributed by atoms with Crippen molar-refractivity contribution in [3.63, 3.8) is 0 Å². The molecule has 0 amide bonds. The van der Waals surface area contributed by atoms with E-state index in [1.165, 1.54) is 33.5 Å². The number of sulfonamides is 1. The molecule has 0 fully saturated rings. The van der Waals surface area contributed by atoms with Crippen molar-refractivity contribution in [1.82, 2.24) is 4.57 Å². The number of aliphatic hydroxyl groups excluding tert-OH is 1. The molecule has 0 saturated heterocycles. The van der Waals surface area contributed by atoms with Gasteiger partial charge in [0, 0.05) is 30.1 Å². The molecule has 3 rings (SSSR count). The second kappa shape index (κ2) is 8.22. The maximum atomic E-state index is 13.5. The number of ether oxygens (including phenoxy) is 3. The van der Waals surface area contributed by atoms with Crippen molar-refractivity contribution >= 4 is 26.6 Å². The minimum absolute atomic E-state index is 0.112. The van der Waals surface area contributed by atoms with Gasteiger partial charge < -0.3 is 23.9 Å². The molecule has 0 spiro atoms. The van der Waals surface area contributed by atoms with Gasteiger partial charge in [0.2, 0.25) is 5.75 Å². The Kier molecular flexibility index (Phi) is 5.90. The summed E-state index contributed by atoms with van der Waals surface area (Å²) in [4.78, 5) is 0. The Morgan fingerprint density at radius 3 is 2.14 bits per heavy atom. The average Bonchev–Trinajstić information content (AvgIpc) is 3.08.